The highest BCUT2D eigenvalue weighted by Crippen LogP contribution is 2.33. The van der Waals surface area contributed by atoms with E-state index in [9.17, 15) is 4.39 Å². The van der Waals surface area contributed by atoms with Crippen molar-refractivity contribution in [2.75, 3.05) is 18.0 Å². The van der Waals surface area contributed by atoms with Crippen LogP contribution in [0.2, 0.25) is 0 Å². The SMILES string of the molecule is CCNCc1cc(F)cc(N(CCC(C)C)C2CC2)c1. The van der Waals surface area contributed by atoms with Gasteiger partial charge in [-0.3, -0.25) is 0 Å². The quantitative estimate of drug-likeness (QED) is 0.774. The second-order valence-corrected chi connectivity index (χ2v) is 6.21. The van der Waals surface area contributed by atoms with E-state index in [1.54, 1.807) is 12.1 Å². The number of rotatable bonds is 8. The van der Waals surface area contributed by atoms with E-state index in [2.05, 4.69) is 37.1 Å². The van der Waals surface area contributed by atoms with Gasteiger partial charge in [-0.05, 0) is 55.5 Å². The average Bonchev–Trinajstić information content (AvgIpc) is 3.20. The zero-order chi connectivity index (χ0) is 14.5. The Morgan fingerprint density at radius 2 is 2.05 bits per heavy atom. The summed E-state index contributed by atoms with van der Waals surface area (Å²) in [5.41, 5.74) is 2.10. The van der Waals surface area contributed by atoms with Gasteiger partial charge in [-0.2, -0.15) is 0 Å². The standard InChI is InChI=1S/C17H27FN2/c1-4-19-12-14-9-15(18)11-17(10-14)20(16-5-6-16)8-7-13(2)3/h9-11,13,16,19H,4-8,12H2,1-3H3. The molecule has 0 aliphatic heterocycles. The average molecular weight is 278 g/mol. The van der Waals surface area contributed by atoms with Gasteiger partial charge in [0.25, 0.3) is 0 Å². The molecule has 2 nitrogen and oxygen atoms in total. The van der Waals surface area contributed by atoms with E-state index in [-0.39, 0.29) is 5.82 Å². The zero-order valence-electron chi connectivity index (χ0n) is 13.0. The van der Waals surface area contributed by atoms with Crippen LogP contribution in [0.4, 0.5) is 10.1 Å². The van der Waals surface area contributed by atoms with Gasteiger partial charge in [0.1, 0.15) is 5.82 Å². The maximum atomic E-state index is 13.8. The van der Waals surface area contributed by atoms with E-state index in [1.165, 1.54) is 12.8 Å². The fourth-order valence-corrected chi connectivity index (χ4v) is 2.48. The Labute approximate surface area is 122 Å². The summed E-state index contributed by atoms with van der Waals surface area (Å²) < 4.78 is 13.8. The predicted molar refractivity (Wildman–Crippen MR) is 83.6 cm³/mol. The highest BCUT2D eigenvalue weighted by atomic mass is 19.1. The molecule has 0 aromatic heterocycles. The summed E-state index contributed by atoms with van der Waals surface area (Å²) in [6.45, 7) is 9.24. The maximum absolute atomic E-state index is 13.8. The molecule has 0 atom stereocenters. The summed E-state index contributed by atoms with van der Waals surface area (Å²) in [5.74, 6) is 0.566. The summed E-state index contributed by atoms with van der Waals surface area (Å²) in [6, 6.07) is 6.10. The van der Waals surface area contributed by atoms with Crippen LogP contribution < -0.4 is 10.2 Å². The molecule has 3 heteroatoms. The van der Waals surface area contributed by atoms with Gasteiger partial charge in [0.2, 0.25) is 0 Å². The second-order valence-electron chi connectivity index (χ2n) is 6.21. The first kappa shape index (κ1) is 15.3. The van der Waals surface area contributed by atoms with Crippen LogP contribution in [-0.4, -0.2) is 19.1 Å². The van der Waals surface area contributed by atoms with Crippen molar-refractivity contribution in [1.82, 2.24) is 5.32 Å². The third-order valence-electron chi connectivity index (χ3n) is 3.79. The Morgan fingerprint density at radius 1 is 1.30 bits per heavy atom. The van der Waals surface area contributed by atoms with Crippen molar-refractivity contribution in [3.05, 3.63) is 29.6 Å². The first-order valence-electron chi connectivity index (χ1n) is 7.87. The summed E-state index contributed by atoms with van der Waals surface area (Å²) in [6.07, 6.45) is 3.66. The lowest BCUT2D eigenvalue weighted by atomic mass is 10.1. The second kappa shape index (κ2) is 7.07. The van der Waals surface area contributed by atoms with Crippen LogP contribution in [0.15, 0.2) is 18.2 Å². The number of nitrogens with zero attached hydrogens (tertiary/aromatic N) is 1. The largest absolute Gasteiger partial charge is 0.368 e. The monoisotopic (exact) mass is 278 g/mol. The molecule has 2 rings (SSSR count). The predicted octanol–water partition coefficient (Wildman–Crippen LogP) is 3.95. The Balaban J connectivity index is 2.12. The van der Waals surface area contributed by atoms with Crippen molar-refractivity contribution in [3.8, 4) is 0 Å². The van der Waals surface area contributed by atoms with Crippen molar-refractivity contribution < 1.29 is 4.39 Å². The minimum Gasteiger partial charge on any atom is -0.368 e. The highest BCUT2D eigenvalue weighted by molar-refractivity contribution is 5.51. The molecule has 0 amide bonds. The lowest BCUT2D eigenvalue weighted by Gasteiger charge is -2.26. The normalized spacial score (nSPS) is 14.8. The first-order valence-corrected chi connectivity index (χ1v) is 7.87. The van der Waals surface area contributed by atoms with Gasteiger partial charge < -0.3 is 10.2 Å². The molecule has 1 aliphatic rings. The fourth-order valence-electron chi connectivity index (χ4n) is 2.48. The number of nitrogens with one attached hydrogen (secondary N) is 1. The summed E-state index contributed by atoms with van der Waals surface area (Å²) in [4.78, 5) is 2.40. The van der Waals surface area contributed by atoms with Gasteiger partial charge in [0, 0.05) is 24.8 Å². The molecule has 20 heavy (non-hydrogen) atoms. The molecule has 1 fully saturated rings. The Bertz CT molecular complexity index is 427. The molecule has 0 bridgehead atoms. The molecule has 1 aliphatic carbocycles. The molecule has 0 saturated heterocycles. The topological polar surface area (TPSA) is 15.3 Å². The molecule has 0 radical (unpaired) electrons. The van der Waals surface area contributed by atoms with Crippen LogP contribution in [0, 0.1) is 11.7 Å². The van der Waals surface area contributed by atoms with Gasteiger partial charge in [0.05, 0.1) is 0 Å². The minimum absolute atomic E-state index is 0.120. The van der Waals surface area contributed by atoms with Crippen LogP contribution >= 0.6 is 0 Å². The first-order chi connectivity index (χ1) is 9.60. The summed E-state index contributed by atoms with van der Waals surface area (Å²) in [5, 5.41) is 3.27. The molecular weight excluding hydrogens is 251 g/mol. The minimum atomic E-state index is -0.120. The number of hydrogen-bond acceptors (Lipinski definition) is 2. The third kappa shape index (κ3) is 4.48. The smallest absolute Gasteiger partial charge is 0.125 e. The molecule has 112 valence electrons. The number of anilines is 1. The summed E-state index contributed by atoms with van der Waals surface area (Å²) >= 11 is 0. The molecular formula is C17H27FN2. The number of benzene rings is 1. The maximum Gasteiger partial charge on any atom is 0.125 e. The van der Waals surface area contributed by atoms with Gasteiger partial charge >= 0.3 is 0 Å². The Kier molecular flexibility index (Phi) is 5.41. The lowest BCUT2D eigenvalue weighted by molar-refractivity contribution is 0.568. The van der Waals surface area contributed by atoms with Crippen molar-refractivity contribution in [2.24, 2.45) is 5.92 Å². The van der Waals surface area contributed by atoms with Gasteiger partial charge in [-0.25, -0.2) is 4.39 Å². The van der Waals surface area contributed by atoms with Crippen LogP contribution in [0.25, 0.3) is 0 Å². The van der Waals surface area contributed by atoms with Crippen molar-refractivity contribution in [2.45, 2.75) is 52.6 Å². The third-order valence-corrected chi connectivity index (χ3v) is 3.79. The van der Waals surface area contributed by atoms with Crippen molar-refractivity contribution >= 4 is 5.69 Å². The van der Waals surface area contributed by atoms with E-state index in [4.69, 9.17) is 0 Å². The van der Waals surface area contributed by atoms with E-state index >= 15 is 0 Å². The molecule has 1 aromatic carbocycles. The fraction of sp³-hybridized carbons (Fsp3) is 0.647. The van der Waals surface area contributed by atoms with Gasteiger partial charge in [0.15, 0.2) is 0 Å². The van der Waals surface area contributed by atoms with E-state index in [1.807, 2.05) is 0 Å². The summed E-state index contributed by atoms with van der Waals surface area (Å²) in [7, 11) is 0. The molecule has 1 aromatic rings. The number of hydrogen-bond donors (Lipinski definition) is 1. The van der Waals surface area contributed by atoms with E-state index in [0.29, 0.717) is 12.0 Å². The highest BCUT2D eigenvalue weighted by Gasteiger charge is 2.29. The molecule has 0 spiro atoms. The molecule has 0 unspecified atom stereocenters. The Hall–Kier alpha value is -1.09. The molecule has 1 N–H and O–H groups in total. The van der Waals surface area contributed by atoms with Crippen LogP contribution in [0.1, 0.15) is 45.6 Å². The van der Waals surface area contributed by atoms with Crippen LogP contribution in [0.3, 0.4) is 0 Å². The molecule has 0 heterocycles. The van der Waals surface area contributed by atoms with E-state index < -0.39 is 0 Å². The van der Waals surface area contributed by atoms with Gasteiger partial charge in [-0.15, -0.1) is 0 Å². The van der Waals surface area contributed by atoms with Crippen molar-refractivity contribution in [3.63, 3.8) is 0 Å². The lowest BCUT2D eigenvalue weighted by Crippen LogP contribution is -2.28. The number of halogens is 1. The van der Waals surface area contributed by atoms with E-state index in [0.717, 1.165) is 37.3 Å². The molecule has 1 saturated carbocycles. The zero-order valence-corrected chi connectivity index (χ0v) is 13.0. The Morgan fingerprint density at radius 3 is 2.65 bits per heavy atom. The van der Waals surface area contributed by atoms with Gasteiger partial charge in [-0.1, -0.05) is 20.8 Å². The van der Waals surface area contributed by atoms with Crippen LogP contribution in [-0.2, 0) is 6.54 Å². The van der Waals surface area contributed by atoms with Crippen LogP contribution in [0.5, 0.6) is 0 Å². The van der Waals surface area contributed by atoms with Crippen molar-refractivity contribution in [1.29, 1.82) is 0 Å².